The maximum atomic E-state index is 11.9. The number of esters is 1. The minimum atomic E-state index is -0.606. The quantitative estimate of drug-likeness (QED) is 0.646. The van der Waals surface area contributed by atoms with Gasteiger partial charge in [0.2, 0.25) is 5.76 Å². The molecule has 2 rings (SSSR count). The molecule has 0 bridgehead atoms. The number of carbonyl (C=O) groups excluding carboxylic acids is 2. The van der Waals surface area contributed by atoms with Crippen molar-refractivity contribution in [2.24, 2.45) is 0 Å². The van der Waals surface area contributed by atoms with Crippen LogP contribution in [0.5, 0.6) is 0 Å². The summed E-state index contributed by atoms with van der Waals surface area (Å²) in [5, 5.41) is 2.51. The number of rotatable bonds is 5. The third kappa shape index (κ3) is 3.89. The summed E-state index contributed by atoms with van der Waals surface area (Å²) in [6, 6.07) is 5.70. The van der Waals surface area contributed by atoms with E-state index in [1.54, 1.807) is 6.07 Å². The van der Waals surface area contributed by atoms with E-state index in [4.69, 9.17) is 10.8 Å². The van der Waals surface area contributed by atoms with Crippen LogP contribution in [-0.2, 0) is 11.3 Å². The number of carbonyl (C=O) groups is 2. The molecule has 1 N–H and O–H groups in total. The van der Waals surface area contributed by atoms with Crippen molar-refractivity contribution in [3.63, 3.8) is 0 Å². The standard InChI is InChI=1S/C16H14N2O5/c1-3-8-17-15(20)11-4-7-14(19)18(9-11)10-12-5-6-13(23-12)16(21)22-2/h1,4-7,9H,8,10H2,2H3,(H,17,20). The Bertz CT molecular complexity index is 825. The van der Waals surface area contributed by atoms with Crippen LogP contribution in [0, 0.1) is 12.3 Å². The Balaban J connectivity index is 2.21. The van der Waals surface area contributed by atoms with Gasteiger partial charge in [-0.25, -0.2) is 4.79 Å². The van der Waals surface area contributed by atoms with Crippen molar-refractivity contribution in [1.82, 2.24) is 9.88 Å². The number of pyridine rings is 1. The fourth-order valence-electron chi connectivity index (χ4n) is 1.86. The number of furan rings is 1. The summed E-state index contributed by atoms with van der Waals surface area (Å²) in [5.74, 6) is 1.73. The van der Waals surface area contributed by atoms with E-state index in [9.17, 15) is 14.4 Å². The number of hydrogen-bond donors (Lipinski definition) is 1. The highest BCUT2D eigenvalue weighted by Crippen LogP contribution is 2.10. The molecule has 2 aromatic rings. The van der Waals surface area contributed by atoms with Gasteiger partial charge in [-0.05, 0) is 18.2 Å². The Morgan fingerprint density at radius 2 is 2.13 bits per heavy atom. The predicted molar refractivity (Wildman–Crippen MR) is 81.0 cm³/mol. The molecule has 0 unspecified atom stereocenters. The molecule has 0 spiro atoms. The maximum absolute atomic E-state index is 11.9. The van der Waals surface area contributed by atoms with Crippen molar-refractivity contribution in [1.29, 1.82) is 0 Å². The molecular formula is C16H14N2O5. The third-order valence-electron chi connectivity index (χ3n) is 2.97. The Hall–Kier alpha value is -3.27. The summed E-state index contributed by atoms with van der Waals surface area (Å²) in [6.07, 6.45) is 6.48. The molecule has 1 amide bonds. The number of aromatic nitrogens is 1. The van der Waals surface area contributed by atoms with Gasteiger partial charge in [0.1, 0.15) is 5.76 Å². The van der Waals surface area contributed by atoms with Crippen LogP contribution in [0.3, 0.4) is 0 Å². The second-order valence-corrected chi connectivity index (χ2v) is 4.53. The van der Waals surface area contributed by atoms with E-state index in [1.807, 2.05) is 0 Å². The molecular weight excluding hydrogens is 300 g/mol. The van der Waals surface area contributed by atoms with E-state index in [-0.39, 0.29) is 30.3 Å². The first-order valence-corrected chi connectivity index (χ1v) is 6.64. The van der Waals surface area contributed by atoms with Crippen LogP contribution < -0.4 is 10.9 Å². The average Bonchev–Trinajstić information content (AvgIpc) is 3.02. The van der Waals surface area contributed by atoms with Crippen LogP contribution in [0.25, 0.3) is 0 Å². The van der Waals surface area contributed by atoms with Crippen LogP contribution in [0.2, 0.25) is 0 Å². The second kappa shape index (κ2) is 7.13. The molecule has 23 heavy (non-hydrogen) atoms. The highest BCUT2D eigenvalue weighted by Gasteiger charge is 2.12. The summed E-state index contributed by atoms with van der Waals surface area (Å²) < 4.78 is 11.1. The topological polar surface area (TPSA) is 90.5 Å². The normalized spacial score (nSPS) is 9.91. The summed E-state index contributed by atoms with van der Waals surface area (Å²) in [5.41, 5.74) is -0.0193. The first-order valence-electron chi connectivity index (χ1n) is 6.64. The van der Waals surface area contributed by atoms with Crippen molar-refractivity contribution in [3.8, 4) is 12.3 Å². The zero-order valence-corrected chi connectivity index (χ0v) is 12.4. The van der Waals surface area contributed by atoms with Crippen molar-refractivity contribution in [3.05, 3.63) is 57.9 Å². The molecule has 0 aliphatic rings. The van der Waals surface area contributed by atoms with Gasteiger partial charge < -0.3 is 19.0 Å². The summed E-state index contributed by atoms with van der Waals surface area (Å²) in [6.45, 7) is 0.171. The first kappa shape index (κ1) is 16.1. The minimum absolute atomic E-state index is 0.0402. The third-order valence-corrected chi connectivity index (χ3v) is 2.97. The van der Waals surface area contributed by atoms with Crippen LogP contribution >= 0.6 is 0 Å². The van der Waals surface area contributed by atoms with E-state index in [0.717, 1.165) is 0 Å². The molecule has 0 aromatic carbocycles. The molecule has 0 saturated heterocycles. The highest BCUT2D eigenvalue weighted by atomic mass is 16.5. The Morgan fingerprint density at radius 1 is 1.35 bits per heavy atom. The Labute approximate surface area is 131 Å². The van der Waals surface area contributed by atoms with Crippen LogP contribution in [0.15, 0.2) is 39.7 Å². The Morgan fingerprint density at radius 3 is 2.83 bits per heavy atom. The summed E-state index contributed by atoms with van der Waals surface area (Å²) >= 11 is 0. The van der Waals surface area contributed by atoms with E-state index >= 15 is 0 Å². The lowest BCUT2D eigenvalue weighted by molar-refractivity contribution is 0.0562. The molecule has 2 aromatic heterocycles. The number of nitrogens with zero attached hydrogens (tertiary/aromatic N) is 1. The van der Waals surface area contributed by atoms with Crippen LogP contribution in [0.4, 0.5) is 0 Å². The fraction of sp³-hybridized carbons (Fsp3) is 0.188. The van der Waals surface area contributed by atoms with Crippen LogP contribution in [-0.4, -0.2) is 30.1 Å². The van der Waals surface area contributed by atoms with Crippen molar-refractivity contribution >= 4 is 11.9 Å². The second-order valence-electron chi connectivity index (χ2n) is 4.53. The summed E-state index contributed by atoms with van der Waals surface area (Å²) in [4.78, 5) is 35.1. The number of hydrogen-bond acceptors (Lipinski definition) is 5. The van der Waals surface area contributed by atoms with Crippen molar-refractivity contribution in [2.75, 3.05) is 13.7 Å². The van der Waals surface area contributed by atoms with Gasteiger partial charge in [0.05, 0.1) is 25.8 Å². The molecule has 7 nitrogen and oxygen atoms in total. The molecule has 0 aliphatic carbocycles. The SMILES string of the molecule is C#CCNC(=O)c1ccc(=O)n(Cc2ccc(C(=O)OC)o2)c1. The molecule has 0 atom stereocenters. The van der Waals surface area contributed by atoms with Crippen molar-refractivity contribution in [2.45, 2.75) is 6.54 Å². The lowest BCUT2D eigenvalue weighted by atomic mass is 10.2. The zero-order valence-electron chi connectivity index (χ0n) is 12.4. The van der Waals surface area contributed by atoms with Gasteiger partial charge in [-0.15, -0.1) is 6.42 Å². The van der Waals surface area contributed by atoms with Gasteiger partial charge >= 0.3 is 5.97 Å². The molecule has 0 radical (unpaired) electrons. The maximum Gasteiger partial charge on any atom is 0.373 e. The lowest BCUT2D eigenvalue weighted by Crippen LogP contribution is -2.27. The molecule has 118 valence electrons. The number of methoxy groups -OCH3 is 1. The van der Waals surface area contributed by atoms with Crippen LogP contribution in [0.1, 0.15) is 26.7 Å². The van der Waals surface area contributed by atoms with Gasteiger partial charge in [0, 0.05) is 12.3 Å². The van der Waals surface area contributed by atoms with Crippen molar-refractivity contribution < 1.29 is 18.7 Å². The van der Waals surface area contributed by atoms with E-state index in [1.165, 1.54) is 36.1 Å². The number of amides is 1. The Kier molecular flexibility index (Phi) is 5.00. The monoisotopic (exact) mass is 314 g/mol. The number of terminal acetylenes is 1. The largest absolute Gasteiger partial charge is 0.463 e. The molecule has 0 fully saturated rings. The average molecular weight is 314 g/mol. The van der Waals surface area contributed by atoms with Gasteiger partial charge in [0.15, 0.2) is 0 Å². The van der Waals surface area contributed by atoms with Gasteiger partial charge in [0.25, 0.3) is 11.5 Å². The van der Waals surface area contributed by atoms with E-state index in [0.29, 0.717) is 11.3 Å². The molecule has 7 heteroatoms. The van der Waals surface area contributed by atoms with E-state index in [2.05, 4.69) is 16.0 Å². The first-order chi connectivity index (χ1) is 11.0. The minimum Gasteiger partial charge on any atom is -0.463 e. The van der Waals surface area contributed by atoms with Gasteiger partial charge in [-0.1, -0.05) is 5.92 Å². The number of nitrogens with one attached hydrogen (secondary N) is 1. The highest BCUT2D eigenvalue weighted by molar-refractivity contribution is 5.94. The fourth-order valence-corrected chi connectivity index (χ4v) is 1.86. The molecule has 2 heterocycles. The lowest BCUT2D eigenvalue weighted by Gasteiger charge is -2.06. The molecule has 0 aliphatic heterocycles. The van der Waals surface area contributed by atoms with Gasteiger partial charge in [-0.2, -0.15) is 0 Å². The zero-order chi connectivity index (χ0) is 16.8. The van der Waals surface area contributed by atoms with Gasteiger partial charge in [-0.3, -0.25) is 9.59 Å². The summed E-state index contributed by atoms with van der Waals surface area (Å²) in [7, 11) is 1.24. The smallest absolute Gasteiger partial charge is 0.373 e. The number of ether oxygens (including phenoxy) is 1. The van der Waals surface area contributed by atoms with E-state index < -0.39 is 5.97 Å². The molecule has 0 saturated carbocycles. The predicted octanol–water partition coefficient (Wildman–Crippen LogP) is 0.639.